The van der Waals surface area contributed by atoms with Crippen molar-refractivity contribution in [3.8, 4) is 0 Å². The normalized spacial score (nSPS) is 15.8. The van der Waals surface area contributed by atoms with Gasteiger partial charge in [-0.2, -0.15) is 0 Å². The Bertz CT molecular complexity index is 533. The van der Waals surface area contributed by atoms with Crippen molar-refractivity contribution in [2.75, 3.05) is 13.1 Å². The quantitative estimate of drug-likeness (QED) is 0.618. The standard InChI is InChI=1S/C18H28N4O2.ClH/c1-13(2)16(17(23)21-15-8-10-19-11-9-15)22-18(24)20-12-14-6-4-3-5-7-14;/h3-7,13,15-16,19H,8-12H2,1-2H3,(H,21,23)(H2,20,22,24);1H. The highest BCUT2D eigenvalue weighted by atomic mass is 35.5. The van der Waals surface area contributed by atoms with Gasteiger partial charge in [-0.1, -0.05) is 44.2 Å². The van der Waals surface area contributed by atoms with Crippen LogP contribution in [0.2, 0.25) is 0 Å². The lowest BCUT2D eigenvalue weighted by Crippen LogP contribution is -2.55. The van der Waals surface area contributed by atoms with Crippen LogP contribution in [0.15, 0.2) is 30.3 Å². The zero-order valence-electron chi connectivity index (χ0n) is 14.9. The number of urea groups is 1. The molecule has 25 heavy (non-hydrogen) atoms. The molecule has 1 saturated heterocycles. The van der Waals surface area contributed by atoms with Crippen molar-refractivity contribution in [1.82, 2.24) is 21.3 Å². The van der Waals surface area contributed by atoms with Gasteiger partial charge in [-0.25, -0.2) is 4.79 Å². The lowest BCUT2D eigenvalue weighted by Gasteiger charge is -2.28. The first-order valence-electron chi connectivity index (χ1n) is 8.65. The molecule has 1 aromatic carbocycles. The van der Waals surface area contributed by atoms with Gasteiger partial charge in [0, 0.05) is 12.6 Å². The molecule has 0 aliphatic carbocycles. The van der Waals surface area contributed by atoms with Crippen LogP contribution < -0.4 is 21.3 Å². The van der Waals surface area contributed by atoms with Crippen LogP contribution in [0.3, 0.4) is 0 Å². The van der Waals surface area contributed by atoms with E-state index in [-0.39, 0.29) is 36.3 Å². The van der Waals surface area contributed by atoms with Crippen molar-refractivity contribution in [3.63, 3.8) is 0 Å². The highest BCUT2D eigenvalue weighted by Gasteiger charge is 2.26. The van der Waals surface area contributed by atoms with E-state index in [1.165, 1.54) is 0 Å². The monoisotopic (exact) mass is 368 g/mol. The van der Waals surface area contributed by atoms with Crippen molar-refractivity contribution in [2.24, 2.45) is 5.92 Å². The molecule has 0 radical (unpaired) electrons. The molecular formula is C18H29ClN4O2. The summed E-state index contributed by atoms with van der Waals surface area (Å²) in [5.74, 6) is -0.0825. The maximum atomic E-state index is 12.5. The molecule has 1 aliphatic rings. The number of hydrogen-bond acceptors (Lipinski definition) is 3. The second-order valence-electron chi connectivity index (χ2n) is 6.57. The van der Waals surface area contributed by atoms with Gasteiger partial charge in [-0.05, 0) is 37.4 Å². The van der Waals surface area contributed by atoms with Crippen LogP contribution in [0.5, 0.6) is 0 Å². The fourth-order valence-electron chi connectivity index (χ4n) is 2.76. The third-order valence-electron chi connectivity index (χ3n) is 4.22. The van der Waals surface area contributed by atoms with Gasteiger partial charge < -0.3 is 21.3 Å². The van der Waals surface area contributed by atoms with E-state index in [1.54, 1.807) is 0 Å². The van der Waals surface area contributed by atoms with E-state index >= 15 is 0 Å². The van der Waals surface area contributed by atoms with Crippen molar-refractivity contribution in [1.29, 1.82) is 0 Å². The average molecular weight is 369 g/mol. The highest BCUT2D eigenvalue weighted by molar-refractivity contribution is 5.87. The number of rotatable bonds is 6. The van der Waals surface area contributed by atoms with E-state index in [0.717, 1.165) is 31.5 Å². The van der Waals surface area contributed by atoms with E-state index in [4.69, 9.17) is 0 Å². The molecule has 7 heteroatoms. The zero-order valence-corrected chi connectivity index (χ0v) is 15.7. The van der Waals surface area contributed by atoms with Crippen LogP contribution in [0.1, 0.15) is 32.3 Å². The van der Waals surface area contributed by atoms with Gasteiger partial charge >= 0.3 is 6.03 Å². The van der Waals surface area contributed by atoms with Gasteiger partial charge in [0.1, 0.15) is 6.04 Å². The van der Waals surface area contributed by atoms with Gasteiger partial charge in [0.25, 0.3) is 0 Å². The smallest absolute Gasteiger partial charge is 0.315 e. The lowest BCUT2D eigenvalue weighted by atomic mass is 10.0. The molecule has 3 amide bonds. The molecule has 140 valence electrons. The topological polar surface area (TPSA) is 82.3 Å². The molecule has 1 heterocycles. The number of benzene rings is 1. The number of nitrogens with one attached hydrogen (secondary N) is 4. The summed E-state index contributed by atoms with van der Waals surface area (Å²) in [6, 6.07) is 9.02. The molecule has 0 saturated carbocycles. The second-order valence-corrected chi connectivity index (χ2v) is 6.57. The number of amides is 3. The maximum Gasteiger partial charge on any atom is 0.315 e. The minimum absolute atomic E-state index is 0. The van der Waals surface area contributed by atoms with Crippen molar-refractivity contribution >= 4 is 24.3 Å². The molecule has 0 spiro atoms. The Kier molecular flexibility index (Phi) is 9.31. The Labute approximate surface area is 155 Å². The number of piperidine rings is 1. The highest BCUT2D eigenvalue weighted by Crippen LogP contribution is 2.06. The molecular weight excluding hydrogens is 340 g/mol. The first kappa shape index (κ1) is 21.3. The minimum atomic E-state index is -0.532. The summed E-state index contributed by atoms with van der Waals surface area (Å²) in [7, 11) is 0. The van der Waals surface area contributed by atoms with E-state index < -0.39 is 6.04 Å². The van der Waals surface area contributed by atoms with Crippen molar-refractivity contribution in [2.45, 2.75) is 45.3 Å². The number of carbonyl (C=O) groups excluding carboxylic acids is 2. The number of halogens is 1. The number of hydrogen-bond donors (Lipinski definition) is 4. The van der Waals surface area contributed by atoms with Gasteiger partial charge in [0.2, 0.25) is 5.91 Å². The van der Waals surface area contributed by atoms with E-state index in [9.17, 15) is 9.59 Å². The van der Waals surface area contributed by atoms with E-state index in [2.05, 4.69) is 21.3 Å². The Morgan fingerprint density at radius 3 is 2.40 bits per heavy atom. The van der Waals surface area contributed by atoms with Crippen LogP contribution in [0.4, 0.5) is 4.79 Å². The molecule has 1 aliphatic heterocycles. The van der Waals surface area contributed by atoms with Crippen molar-refractivity contribution in [3.05, 3.63) is 35.9 Å². The summed E-state index contributed by atoms with van der Waals surface area (Å²) < 4.78 is 0. The fraction of sp³-hybridized carbons (Fsp3) is 0.556. The second kappa shape index (κ2) is 10.9. The molecule has 1 atom stereocenters. The predicted octanol–water partition coefficient (Wildman–Crippen LogP) is 1.80. The maximum absolute atomic E-state index is 12.5. The molecule has 1 unspecified atom stereocenters. The molecule has 0 bridgehead atoms. The van der Waals surface area contributed by atoms with Crippen LogP contribution in [0, 0.1) is 5.92 Å². The molecule has 0 aromatic heterocycles. The Hall–Kier alpha value is -1.79. The van der Waals surface area contributed by atoms with Gasteiger partial charge in [-0.15, -0.1) is 12.4 Å². The van der Waals surface area contributed by atoms with Crippen LogP contribution in [-0.2, 0) is 11.3 Å². The third-order valence-corrected chi connectivity index (χ3v) is 4.22. The molecule has 2 rings (SSSR count). The zero-order chi connectivity index (χ0) is 17.4. The average Bonchev–Trinajstić information content (AvgIpc) is 2.59. The summed E-state index contributed by atoms with van der Waals surface area (Å²) in [5, 5.41) is 11.9. The van der Waals surface area contributed by atoms with Crippen LogP contribution in [0.25, 0.3) is 0 Å². The Morgan fingerprint density at radius 1 is 1.16 bits per heavy atom. The summed E-state index contributed by atoms with van der Waals surface area (Å²) in [6.07, 6.45) is 1.85. The largest absolute Gasteiger partial charge is 0.351 e. The summed E-state index contributed by atoms with van der Waals surface area (Å²) in [5.41, 5.74) is 1.02. The van der Waals surface area contributed by atoms with Crippen molar-refractivity contribution < 1.29 is 9.59 Å². The van der Waals surface area contributed by atoms with E-state index in [0.29, 0.717) is 6.54 Å². The minimum Gasteiger partial charge on any atom is -0.351 e. The van der Waals surface area contributed by atoms with E-state index in [1.807, 2.05) is 44.2 Å². The Morgan fingerprint density at radius 2 is 1.80 bits per heavy atom. The third kappa shape index (κ3) is 7.32. The molecule has 1 fully saturated rings. The molecule has 1 aromatic rings. The lowest BCUT2D eigenvalue weighted by molar-refractivity contribution is -0.124. The van der Waals surface area contributed by atoms with Gasteiger partial charge in [0.05, 0.1) is 0 Å². The first-order chi connectivity index (χ1) is 11.6. The predicted molar refractivity (Wildman–Crippen MR) is 102 cm³/mol. The summed E-state index contributed by atoms with van der Waals surface area (Å²) in [4.78, 5) is 24.6. The Balaban J connectivity index is 0.00000312. The summed E-state index contributed by atoms with van der Waals surface area (Å²) >= 11 is 0. The van der Waals surface area contributed by atoms with Gasteiger partial charge in [0.15, 0.2) is 0 Å². The molecule has 4 N–H and O–H groups in total. The van der Waals surface area contributed by atoms with Crippen LogP contribution in [-0.4, -0.2) is 37.1 Å². The summed E-state index contributed by atoms with van der Waals surface area (Å²) in [6.45, 7) is 6.15. The first-order valence-corrected chi connectivity index (χ1v) is 8.65. The number of carbonyl (C=O) groups is 2. The molecule has 6 nitrogen and oxygen atoms in total. The van der Waals surface area contributed by atoms with Crippen LogP contribution >= 0.6 is 12.4 Å². The SMILES string of the molecule is CC(C)C(NC(=O)NCc1ccccc1)C(=O)NC1CCNCC1.Cl. The fourth-order valence-corrected chi connectivity index (χ4v) is 2.76. The van der Waals surface area contributed by atoms with Gasteiger partial charge in [-0.3, -0.25) is 4.79 Å².